The molecule has 1 atom stereocenters. The second kappa shape index (κ2) is 5.65. The van der Waals surface area contributed by atoms with E-state index in [0.29, 0.717) is 0 Å². The number of rotatable bonds is 4. The van der Waals surface area contributed by atoms with E-state index in [1.165, 1.54) is 11.8 Å². The number of alkyl halides is 1. The van der Waals surface area contributed by atoms with Crippen LogP contribution in [0.5, 0.6) is 0 Å². The maximum atomic E-state index is 13.3. The maximum Gasteiger partial charge on any atom is 0.123 e. The maximum absolute atomic E-state index is 13.3. The third-order valence-electron chi connectivity index (χ3n) is 3.06. The molecule has 96 valence electrons. The fourth-order valence-electron chi connectivity index (χ4n) is 2.13. The summed E-state index contributed by atoms with van der Waals surface area (Å²) in [6.07, 6.45) is 0.853. The van der Waals surface area contributed by atoms with Crippen molar-refractivity contribution in [2.24, 2.45) is 7.05 Å². The van der Waals surface area contributed by atoms with Crippen molar-refractivity contribution in [1.82, 2.24) is 9.78 Å². The Morgan fingerprint density at radius 1 is 1.39 bits per heavy atom. The van der Waals surface area contributed by atoms with Crippen molar-refractivity contribution >= 4 is 15.9 Å². The van der Waals surface area contributed by atoms with Crippen LogP contribution in [-0.4, -0.2) is 15.1 Å². The van der Waals surface area contributed by atoms with E-state index < -0.39 is 0 Å². The lowest BCUT2D eigenvalue weighted by atomic mass is 9.96. The summed E-state index contributed by atoms with van der Waals surface area (Å²) in [5.41, 5.74) is 3.20. The van der Waals surface area contributed by atoms with Crippen molar-refractivity contribution in [3.63, 3.8) is 0 Å². The number of aromatic nitrogens is 2. The molecule has 0 aliphatic carbocycles. The fourth-order valence-corrected chi connectivity index (χ4v) is 2.73. The highest BCUT2D eigenvalue weighted by atomic mass is 79.9. The fraction of sp³-hybridized carbons (Fsp3) is 0.357. The second-order valence-electron chi connectivity index (χ2n) is 4.51. The van der Waals surface area contributed by atoms with Crippen LogP contribution in [-0.2, 0) is 13.5 Å². The van der Waals surface area contributed by atoms with Crippen LogP contribution < -0.4 is 0 Å². The normalized spacial score (nSPS) is 12.7. The summed E-state index contributed by atoms with van der Waals surface area (Å²) in [6, 6.07) is 8.89. The molecule has 0 amide bonds. The standard InChI is InChI=1S/C14H16BrFN2/c1-10-6-14(18(2)17-10)8-12(9-15)11-4-3-5-13(16)7-11/h3-7,12H,8-9H2,1-2H3. The van der Waals surface area contributed by atoms with E-state index in [9.17, 15) is 4.39 Å². The molecule has 0 aliphatic rings. The van der Waals surface area contributed by atoms with Gasteiger partial charge in [0.1, 0.15) is 5.82 Å². The van der Waals surface area contributed by atoms with Crippen LogP contribution in [0.1, 0.15) is 22.9 Å². The molecule has 1 aromatic heterocycles. The van der Waals surface area contributed by atoms with Gasteiger partial charge in [-0.1, -0.05) is 28.1 Å². The summed E-state index contributed by atoms with van der Waals surface area (Å²) in [7, 11) is 1.94. The minimum atomic E-state index is -0.181. The molecule has 2 nitrogen and oxygen atoms in total. The van der Waals surface area contributed by atoms with E-state index in [2.05, 4.69) is 27.1 Å². The Morgan fingerprint density at radius 2 is 2.17 bits per heavy atom. The lowest BCUT2D eigenvalue weighted by Gasteiger charge is -2.14. The van der Waals surface area contributed by atoms with Crippen molar-refractivity contribution in [3.8, 4) is 0 Å². The SMILES string of the molecule is Cc1cc(CC(CBr)c2cccc(F)c2)n(C)n1. The van der Waals surface area contributed by atoms with E-state index in [1.54, 1.807) is 12.1 Å². The molecule has 0 radical (unpaired) electrons. The summed E-state index contributed by atoms with van der Waals surface area (Å²) >= 11 is 3.51. The summed E-state index contributed by atoms with van der Waals surface area (Å²) in [6.45, 7) is 1.98. The summed E-state index contributed by atoms with van der Waals surface area (Å²) in [4.78, 5) is 0. The Labute approximate surface area is 115 Å². The molecule has 0 bridgehead atoms. The molecule has 0 fully saturated rings. The first-order valence-electron chi connectivity index (χ1n) is 5.91. The van der Waals surface area contributed by atoms with Crippen molar-refractivity contribution in [3.05, 3.63) is 53.1 Å². The van der Waals surface area contributed by atoms with Gasteiger partial charge in [0.25, 0.3) is 0 Å². The molecule has 2 rings (SSSR count). The molecule has 0 N–H and O–H groups in total. The number of hydrogen-bond donors (Lipinski definition) is 0. The largest absolute Gasteiger partial charge is 0.272 e. The van der Waals surface area contributed by atoms with Crippen LogP contribution in [0.2, 0.25) is 0 Å². The first-order valence-corrected chi connectivity index (χ1v) is 7.03. The van der Waals surface area contributed by atoms with Gasteiger partial charge in [0, 0.05) is 18.1 Å². The van der Waals surface area contributed by atoms with Crippen molar-refractivity contribution < 1.29 is 4.39 Å². The van der Waals surface area contributed by atoms with E-state index >= 15 is 0 Å². The van der Waals surface area contributed by atoms with Gasteiger partial charge >= 0.3 is 0 Å². The summed E-state index contributed by atoms with van der Waals surface area (Å²) in [5.74, 6) is 0.0788. The van der Waals surface area contributed by atoms with Gasteiger partial charge in [0.05, 0.1) is 5.69 Å². The Morgan fingerprint density at radius 3 is 2.72 bits per heavy atom. The highest BCUT2D eigenvalue weighted by molar-refractivity contribution is 9.09. The highest BCUT2D eigenvalue weighted by Crippen LogP contribution is 2.23. The Balaban J connectivity index is 2.22. The van der Waals surface area contributed by atoms with Crippen LogP contribution in [0.15, 0.2) is 30.3 Å². The van der Waals surface area contributed by atoms with Crippen molar-refractivity contribution in [2.45, 2.75) is 19.3 Å². The Hall–Kier alpha value is -1.16. The van der Waals surface area contributed by atoms with Gasteiger partial charge in [-0.05, 0) is 43.0 Å². The molecule has 4 heteroatoms. The molecule has 18 heavy (non-hydrogen) atoms. The van der Waals surface area contributed by atoms with Gasteiger partial charge < -0.3 is 0 Å². The molecule has 1 aromatic carbocycles. The molecule has 1 heterocycles. The second-order valence-corrected chi connectivity index (χ2v) is 5.16. The third kappa shape index (κ3) is 2.99. The lowest BCUT2D eigenvalue weighted by molar-refractivity contribution is 0.617. The monoisotopic (exact) mass is 310 g/mol. The van der Waals surface area contributed by atoms with Crippen LogP contribution in [0.4, 0.5) is 4.39 Å². The Bertz CT molecular complexity index is 536. The highest BCUT2D eigenvalue weighted by Gasteiger charge is 2.14. The zero-order valence-electron chi connectivity index (χ0n) is 10.5. The smallest absolute Gasteiger partial charge is 0.123 e. The number of aryl methyl sites for hydroxylation is 2. The predicted molar refractivity (Wildman–Crippen MR) is 74.6 cm³/mol. The number of halogens is 2. The van der Waals surface area contributed by atoms with Crippen LogP contribution in [0.25, 0.3) is 0 Å². The molecule has 0 aliphatic heterocycles. The first kappa shape index (κ1) is 13.3. The average Bonchev–Trinajstić information content (AvgIpc) is 2.64. The molecule has 0 saturated carbocycles. The minimum Gasteiger partial charge on any atom is -0.272 e. The molecule has 2 aromatic rings. The minimum absolute atomic E-state index is 0.181. The number of benzene rings is 1. The van der Waals surface area contributed by atoms with Gasteiger partial charge in [0.15, 0.2) is 0 Å². The van der Waals surface area contributed by atoms with Crippen LogP contribution in [0.3, 0.4) is 0 Å². The molecule has 0 spiro atoms. The molecule has 1 unspecified atom stereocenters. The predicted octanol–water partition coefficient (Wildman–Crippen LogP) is 3.59. The number of hydrogen-bond acceptors (Lipinski definition) is 1. The van der Waals surface area contributed by atoms with Gasteiger partial charge in [-0.3, -0.25) is 4.68 Å². The quantitative estimate of drug-likeness (QED) is 0.789. The van der Waals surface area contributed by atoms with E-state index in [0.717, 1.165) is 23.0 Å². The van der Waals surface area contributed by atoms with Crippen LogP contribution >= 0.6 is 15.9 Å². The van der Waals surface area contributed by atoms with Gasteiger partial charge in [-0.15, -0.1) is 0 Å². The third-order valence-corrected chi connectivity index (χ3v) is 3.84. The lowest BCUT2D eigenvalue weighted by Crippen LogP contribution is -2.08. The zero-order chi connectivity index (χ0) is 13.1. The molecular weight excluding hydrogens is 295 g/mol. The topological polar surface area (TPSA) is 17.8 Å². The van der Waals surface area contributed by atoms with Crippen LogP contribution in [0, 0.1) is 12.7 Å². The van der Waals surface area contributed by atoms with Gasteiger partial charge in [0.2, 0.25) is 0 Å². The molecule has 0 saturated heterocycles. The van der Waals surface area contributed by atoms with Gasteiger partial charge in [-0.2, -0.15) is 5.10 Å². The van der Waals surface area contributed by atoms with E-state index in [4.69, 9.17) is 0 Å². The van der Waals surface area contributed by atoms with Crippen molar-refractivity contribution in [2.75, 3.05) is 5.33 Å². The Kier molecular flexibility index (Phi) is 4.17. The summed E-state index contributed by atoms with van der Waals surface area (Å²) < 4.78 is 15.1. The van der Waals surface area contributed by atoms with E-state index in [-0.39, 0.29) is 11.7 Å². The van der Waals surface area contributed by atoms with E-state index in [1.807, 2.05) is 24.7 Å². The molecular formula is C14H16BrFN2. The van der Waals surface area contributed by atoms with Crippen molar-refractivity contribution in [1.29, 1.82) is 0 Å². The summed E-state index contributed by atoms with van der Waals surface area (Å²) in [5, 5.41) is 5.14. The zero-order valence-corrected chi connectivity index (χ0v) is 12.1. The average molecular weight is 311 g/mol. The van der Waals surface area contributed by atoms with Gasteiger partial charge in [-0.25, -0.2) is 4.39 Å². The first-order chi connectivity index (χ1) is 8.60. The number of nitrogens with zero attached hydrogens (tertiary/aromatic N) is 2.